The Bertz CT molecular complexity index is 605. The van der Waals surface area contributed by atoms with Crippen LogP contribution in [0.5, 0.6) is 0 Å². The van der Waals surface area contributed by atoms with Crippen LogP contribution < -0.4 is 0 Å². The van der Waals surface area contributed by atoms with Crippen LogP contribution in [0.1, 0.15) is 23.2 Å². The van der Waals surface area contributed by atoms with E-state index in [9.17, 15) is 4.79 Å². The normalized spacial score (nSPS) is 12.8. The van der Waals surface area contributed by atoms with Gasteiger partial charge in [-0.1, -0.05) is 68.2 Å². The molecule has 0 aliphatic carbocycles. The smallest absolute Gasteiger partial charge is 0.162 e. The lowest BCUT2D eigenvalue weighted by Gasteiger charge is -2.24. The van der Waals surface area contributed by atoms with Gasteiger partial charge < -0.3 is 0 Å². The van der Waals surface area contributed by atoms with E-state index in [1.54, 1.807) is 0 Å². The first-order chi connectivity index (χ1) is 10.9. The van der Waals surface area contributed by atoms with Crippen LogP contribution in [-0.2, 0) is 0 Å². The van der Waals surface area contributed by atoms with Gasteiger partial charge in [-0.05, 0) is 24.6 Å². The zero-order valence-electron chi connectivity index (χ0n) is 14.3. The highest BCUT2D eigenvalue weighted by Crippen LogP contribution is 2.32. The Morgan fingerprint density at radius 3 is 2.09 bits per heavy atom. The van der Waals surface area contributed by atoms with Crippen molar-refractivity contribution >= 4 is 25.6 Å². The average molecular weight is 343 g/mol. The van der Waals surface area contributed by atoms with Gasteiger partial charge in [-0.25, -0.2) is 0 Å². The standard InChI is InChI=1S/C20H26OSSi/c1-23(2,3)16-19(22-18-12-8-5-9-13-18)14-15-20(21)17-10-6-4-7-11-17/h4-13,19H,14-16H2,1-3H3. The third-order valence-electron chi connectivity index (χ3n) is 3.68. The number of carbonyl (C=O) groups is 1. The van der Waals surface area contributed by atoms with E-state index in [1.165, 1.54) is 10.9 Å². The molecule has 1 atom stereocenters. The molecule has 0 bridgehead atoms. The number of hydrogen-bond acceptors (Lipinski definition) is 2. The zero-order chi connectivity index (χ0) is 16.7. The molecule has 0 radical (unpaired) electrons. The molecule has 2 rings (SSSR count). The number of thioether (sulfide) groups is 1. The monoisotopic (exact) mass is 342 g/mol. The van der Waals surface area contributed by atoms with E-state index in [-0.39, 0.29) is 5.78 Å². The fourth-order valence-corrected chi connectivity index (χ4v) is 6.98. The molecule has 0 saturated heterocycles. The molecule has 0 aliphatic rings. The number of benzene rings is 2. The fraction of sp³-hybridized carbons (Fsp3) is 0.350. The topological polar surface area (TPSA) is 17.1 Å². The van der Waals surface area contributed by atoms with Crippen LogP contribution in [0.25, 0.3) is 0 Å². The van der Waals surface area contributed by atoms with E-state index in [1.807, 2.05) is 42.1 Å². The van der Waals surface area contributed by atoms with Crippen molar-refractivity contribution in [2.24, 2.45) is 0 Å². The Morgan fingerprint density at radius 1 is 0.957 bits per heavy atom. The fourth-order valence-electron chi connectivity index (χ4n) is 2.64. The van der Waals surface area contributed by atoms with Gasteiger partial charge in [0, 0.05) is 30.2 Å². The van der Waals surface area contributed by atoms with E-state index in [2.05, 4.69) is 50.0 Å². The van der Waals surface area contributed by atoms with Gasteiger partial charge in [-0.3, -0.25) is 4.79 Å². The summed E-state index contributed by atoms with van der Waals surface area (Å²) in [5.41, 5.74) is 0.837. The SMILES string of the molecule is C[Si](C)(C)CC(CCC(=O)c1ccccc1)Sc1ccccc1. The quantitative estimate of drug-likeness (QED) is 0.325. The Labute approximate surface area is 145 Å². The summed E-state index contributed by atoms with van der Waals surface area (Å²) in [7, 11) is -1.16. The molecule has 1 unspecified atom stereocenters. The van der Waals surface area contributed by atoms with Crippen molar-refractivity contribution in [2.45, 2.75) is 48.7 Å². The van der Waals surface area contributed by atoms with Gasteiger partial charge in [0.15, 0.2) is 5.78 Å². The summed E-state index contributed by atoms with van der Waals surface area (Å²) in [6.45, 7) is 7.22. The number of rotatable bonds is 8. The second kappa shape index (κ2) is 8.51. The Kier molecular flexibility index (Phi) is 6.67. The number of Topliss-reactive ketones (excluding diaryl/α,β-unsaturated/α-hetero) is 1. The first-order valence-corrected chi connectivity index (χ1v) is 12.8. The van der Waals surface area contributed by atoms with Crippen molar-refractivity contribution in [2.75, 3.05) is 0 Å². The van der Waals surface area contributed by atoms with Gasteiger partial charge in [-0.15, -0.1) is 11.8 Å². The second-order valence-corrected chi connectivity index (χ2v) is 14.0. The largest absolute Gasteiger partial charge is 0.294 e. The first kappa shape index (κ1) is 18.0. The summed E-state index contributed by atoms with van der Waals surface area (Å²) in [6, 6.07) is 21.5. The van der Waals surface area contributed by atoms with Crippen LogP contribution in [0.15, 0.2) is 65.6 Å². The molecule has 0 aliphatic heterocycles. The number of carbonyl (C=O) groups excluding carboxylic acids is 1. The highest BCUT2D eigenvalue weighted by molar-refractivity contribution is 8.00. The van der Waals surface area contributed by atoms with E-state index < -0.39 is 8.07 Å². The number of ketones is 1. The third kappa shape index (κ3) is 6.75. The van der Waals surface area contributed by atoms with E-state index in [4.69, 9.17) is 0 Å². The maximum Gasteiger partial charge on any atom is 0.162 e. The van der Waals surface area contributed by atoms with Crippen molar-refractivity contribution in [1.29, 1.82) is 0 Å². The Balaban J connectivity index is 1.98. The van der Waals surface area contributed by atoms with Crippen molar-refractivity contribution in [3.8, 4) is 0 Å². The maximum atomic E-state index is 12.4. The summed E-state index contributed by atoms with van der Waals surface area (Å²) in [4.78, 5) is 13.7. The molecular formula is C20H26OSSi. The molecule has 122 valence electrons. The summed E-state index contributed by atoms with van der Waals surface area (Å²) >= 11 is 1.94. The van der Waals surface area contributed by atoms with Gasteiger partial charge in [0.25, 0.3) is 0 Å². The summed E-state index contributed by atoms with van der Waals surface area (Å²) in [5, 5.41) is 0.525. The summed E-state index contributed by atoms with van der Waals surface area (Å²) < 4.78 is 0. The lowest BCUT2D eigenvalue weighted by atomic mass is 10.1. The Hall–Kier alpha value is -1.32. The van der Waals surface area contributed by atoms with Gasteiger partial charge in [0.1, 0.15) is 0 Å². The molecule has 0 amide bonds. The van der Waals surface area contributed by atoms with Gasteiger partial charge in [0.05, 0.1) is 0 Å². The zero-order valence-corrected chi connectivity index (χ0v) is 16.1. The van der Waals surface area contributed by atoms with Crippen molar-refractivity contribution in [1.82, 2.24) is 0 Å². The molecule has 0 heterocycles. The lowest BCUT2D eigenvalue weighted by molar-refractivity contribution is 0.0980. The summed E-state index contributed by atoms with van der Waals surface area (Å²) in [5.74, 6) is 0.264. The number of hydrogen-bond donors (Lipinski definition) is 0. The third-order valence-corrected chi connectivity index (χ3v) is 6.97. The molecule has 2 aromatic rings. The predicted molar refractivity (Wildman–Crippen MR) is 104 cm³/mol. The molecule has 0 spiro atoms. The maximum absolute atomic E-state index is 12.4. The molecule has 2 aromatic carbocycles. The van der Waals surface area contributed by atoms with Crippen LogP contribution in [0, 0.1) is 0 Å². The van der Waals surface area contributed by atoms with Crippen LogP contribution >= 0.6 is 11.8 Å². The van der Waals surface area contributed by atoms with E-state index >= 15 is 0 Å². The molecule has 3 heteroatoms. The molecular weight excluding hydrogens is 316 g/mol. The molecule has 23 heavy (non-hydrogen) atoms. The molecule has 0 fully saturated rings. The van der Waals surface area contributed by atoms with Crippen LogP contribution in [-0.4, -0.2) is 19.1 Å². The van der Waals surface area contributed by atoms with Crippen LogP contribution in [0.2, 0.25) is 25.7 Å². The van der Waals surface area contributed by atoms with Crippen molar-refractivity contribution < 1.29 is 4.79 Å². The minimum absolute atomic E-state index is 0.264. The minimum Gasteiger partial charge on any atom is -0.294 e. The van der Waals surface area contributed by atoms with Gasteiger partial charge >= 0.3 is 0 Å². The first-order valence-electron chi connectivity index (χ1n) is 8.24. The molecule has 0 saturated carbocycles. The minimum atomic E-state index is -1.16. The highest BCUT2D eigenvalue weighted by Gasteiger charge is 2.22. The van der Waals surface area contributed by atoms with Gasteiger partial charge in [-0.2, -0.15) is 0 Å². The predicted octanol–water partition coefficient (Wildman–Crippen LogP) is 6.15. The molecule has 1 nitrogen and oxygen atoms in total. The van der Waals surface area contributed by atoms with Crippen LogP contribution in [0.4, 0.5) is 0 Å². The van der Waals surface area contributed by atoms with E-state index in [0.29, 0.717) is 11.7 Å². The Morgan fingerprint density at radius 2 is 1.52 bits per heavy atom. The van der Waals surface area contributed by atoms with Gasteiger partial charge in [0.2, 0.25) is 0 Å². The van der Waals surface area contributed by atoms with Crippen LogP contribution in [0.3, 0.4) is 0 Å². The summed E-state index contributed by atoms with van der Waals surface area (Å²) in [6.07, 6.45) is 1.59. The molecule has 0 N–H and O–H groups in total. The van der Waals surface area contributed by atoms with E-state index in [0.717, 1.165) is 12.0 Å². The second-order valence-electron chi connectivity index (χ2n) is 7.15. The molecule has 0 aromatic heterocycles. The lowest BCUT2D eigenvalue weighted by Crippen LogP contribution is -2.25. The highest BCUT2D eigenvalue weighted by atomic mass is 32.2. The average Bonchev–Trinajstić information content (AvgIpc) is 2.53. The van der Waals surface area contributed by atoms with Crippen molar-refractivity contribution in [3.63, 3.8) is 0 Å². The van der Waals surface area contributed by atoms with Crippen molar-refractivity contribution in [3.05, 3.63) is 66.2 Å².